The highest BCUT2D eigenvalue weighted by molar-refractivity contribution is 7.20. The van der Waals surface area contributed by atoms with E-state index in [2.05, 4.69) is 28.2 Å². The molecular formula is C23H26N4O2S. The first-order chi connectivity index (χ1) is 14.5. The molecule has 1 fully saturated rings. The van der Waals surface area contributed by atoms with Crippen LogP contribution in [0.2, 0.25) is 0 Å². The van der Waals surface area contributed by atoms with Crippen molar-refractivity contribution in [1.29, 1.82) is 0 Å². The minimum absolute atomic E-state index is 0.264. The maximum atomic E-state index is 12.9. The quantitative estimate of drug-likeness (QED) is 0.640. The maximum Gasteiger partial charge on any atom is 0.262 e. The molecule has 0 bridgehead atoms. The molecule has 3 N–H and O–H groups in total. The van der Waals surface area contributed by atoms with Crippen LogP contribution in [0.25, 0.3) is 10.1 Å². The number of nitrogens with one attached hydrogen (secondary N) is 1. The zero-order valence-corrected chi connectivity index (χ0v) is 17.8. The average molecular weight is 423 g/mol. The number of anilines is 1. The van der Waals surface area contributed by atoms with E-state index >= 15 is 0 Å². The number of rotatable bonds is 6. The van der Waals surface area contributed by atoms with Crippen molar-refractivity contribution in [3.63, 3.8) is 0 Å². The van der Waals surface area contributed by atoms with E-state index in [4.69, 9.17) is 5.73 Å². The summed E-state index contributed by atoms with van der Waals surface area (Å²) in [4.78, 5) is 30.1. The molecule has 3 aromatic rings. The van der Waals surface area contributed by atoms with Crippen molar-refractivity contribution in [1.82, 2.24) is 10.2 Å². The van der Waals surface area contributed by atoms with E-state index in [0.29, 0.717) is 11.3 Å². The number of benzene rings is 2. The number of carbonyl (C=O) groups is 2. The largest absolute Gasteiger partial charge is 0.368 e. The molecule has 6 nitrogen and oxygen atoms in total. The summed E-state index contributed by atoms with van der Waals surface area (Å²) in [7, 11) is 2.13. The number of nitrogens with two attached hydrogens (primary N) is 1. The van der Waals surface area contributed by atoms with Crippen LogP contribution in [0.4, 0.5) is 5.69 Å². The second kappa shape index (κ2) is 8.85. The number of carbonyl (C=O) groups excluding carboxylic acids is 2. The standard InChI is InChI=1S/C23H26N4O2S/c1-26-10-12-27(13-11-26)19-8-5-9-20-17(19)15-21(30-20)23(29)25-18(22(24)28)14-16-6-3-2-4-7-16/h2-9,15,18H,10-14H2,1H3,(H2,24,28)(H,25,29)/t18-/m0/s1. The Kier molecular flexibility index (Phi) is 6.01. The Morgan fingerprint density at radius 2 is 1.80 bits per heavy atom. The fraction of sp³-hybridized carbons (Fsp3) is 0.304. The van der Waals surface area contributed by atoms with Crippen LogP contribution < -0.4 is 16.0 Å². The van der Waals surface area contributed by atoms with Gasteiger partial charge in [-0.15, -0.1) is 11.3 Å². The molecule has 0 saturated carbocycles. The third-order valence-electron chi connectivity index (χ3n) is 5.54. The number of nitrogens with zero attached hydrogens (tertiary/aromatic N) is 2. The molecular weight excluding hydrogens is 396 g/mol. The Hall–Kier alpha value is -2.90. The van der Waals surface area contributed by atoms with Gasteiger partial charge in [0.1, 0.15) is 6.04 Å². The number of amides is 2. The Bertz CT molecular complexity index is 1040. The number of hydrogen-bond donors (Lipinski definition) is 2. The summed E-state index contributed by atoms with van der Waals surface area (Å²) in [6.07, 6.45) is 0.374. The summed E-state index contributed by atoms with van der Waals surface area (Å²) < 4.78 is 1.07. The van der Waals surface area contributed by atoms with Gasteiger partial charge in [-0.25, -0.2) is 0 Å². The number of fused-ring (bicyclic) bond motifs is 1. The van der Waals surface area contributed by atoms with Crippen LogP contribution in [-0.4, -0.2) is 56.0 Å². The average Bonchev–Trinajstić information content (AvgIpc) is 3.19. The predicted octanol–water partition coefficient (Wildman–Crippen LogP) is 2.48. The number of piperazine rings is 1. The van der Waals surface area contributed by atoms with Gasteiger partial charge in [-0.2, -0.15) is 0 Å². The first kappa shape index (κ1) is 20.4. The van der Waals surface area contributed by atoms with E-state index in [9.17, 15) is 9.59 Å². The van der Waals surface area contributed by atoms with Crippen molar-refractivity contribution >= 4 is 38.9 Å². The van der Waals surface area contributed by atoms with Crippen LogP contribution in [0.5, 0.6) is 0 Å². The van der Waals surface area contributed by atoms with Gasteiger partial charge in [-0.05, 0) is 30.8 Å². The summed E-state index contributed by atoms with van der Waals surface area (Å²) in [6, 6.07) is 16.9. The van der Waals surface area contributed by atoms with Crippen LogP contribution in [0, 0.1) is 0 Å². The van der Waals surface area contributed by atoms with Gasteiger partial charge in [-0.1, -0.05) is 36.4 Å². The number of hydrogen-bond acceptors (Lipinski definition) is 5. The highest BCUT2D eigenvalue weighted by Gasteiger charge is 2.22. The van der Waals surface area contributed by atoms with Gasteiger partial charge in [0.25, 0.3) is 5.91 Å². The highest BCUT2D eigenvalue weighted by atomic mass is 32.1. The van der Waals surface area contributed by atoms with Crippen molar-refractivity contribution in [2.75, 3.05) is 38.1 Å². The fourth-order valence-corrected chi connectivity index (χ4v) is 4.77. The first-order valence-corrected chi connectivity index (χ1v) is 10.9. The van der Waals surface area contributed by atoms with Gasteiger partial charge in [0, 0.05) is 48.4 Å². The molecule has 4 rings (SSSR count). The molecule has 2 aromatic carbocycles. The van der Waals surface area contributed by atoms with E-state index in [0.717, 1.165) is 47.5 Å². The van der Waals surface area contributed by atoms with Crippen molar-refractivity contribution in [2.45, 2.75) is 12.5 Å². The van der Waals surface area contributed by atoms with Gasteiger partial charge in [-0.3, -0.25) is 9.59 Å². The Morgan fingerprint density at radius 1 is 1.07 bits per heavy atom. The molecule has 7 heteroatoms. The summed E-state index contributed by atoms with van der Waals surface area (Å²) in [5.41, 5.74) is 7.67. The second-order valence-electron chi connectivity index (χ2n) is 7.71. The van der Waals surface area contributed by atoms with Crippen molar-refractivity contribution < 1.29 is 9.59 Å². The summed E-state index contributed by atoms with van der Waals surface area (Å²) in [5, 5.41) is 3.90. The van der Waals surface area contributed by atoms with Crippen LogP contribution >= 0.6 is 11.3 Å². The lowest BCUT2D eigenvalue weighted by atomic mass is 10.1. The lowest BCUT2D eigenvalue weighted by Gasteiger charge is -2.34. The Morgan fingerprint density at radius 3 is 2.50 bits per heavy atom. The van der Waals surface area contributed by atoms with Gasteiger partial charge >= 0.3 is 0 Å². The molecule has 1 aromatic heterocycles. The molecule has 0 radical (unpaired) electrons. The zero-order chi connectivity index (χ0) is 21.1. The van der Waals surface area contributed by atoms with E-state index in [1.807, 2.05) is 48.5 Å². The topological polar surface area (TPSA) is 78.7 Å². The predicted molar refractivity (Wildman–Crippen MR) is 122 cm³/mol. The fourth-order valence-electron chi connectivity index (χ4n) is 3.78. The molecule has 2 heterocycles. The zero-order valence-electron chi connectivity index (χ0n) is 17.0. The number of primary amides is 1. The van der Waals surface area contributed by atoms with E-state index in [1.165, 1.54) is 11.3 Å². The third-order valence-corrected chi connectivity index (χ3v) is 6.64. The van der Waals surface area contributed by atoms with E-state index in [1.54, 1.807) is 0 Å². The molecule has 0 spiro atoms. The van der Waals surface area contributed by atoms with Gasteiger partial charge in [0.05, 0.1) is 4.88 Å². The molecule has 0 unspecified atom stereocenters. The molecule has 1 saturated heterocycles. The van der Waals surface area contributed by atoms with Crippen LogP contribution in [0.1, 0.15) is 15.2 Å². The van der Waals surface area contributed by atoms with E-state index < -0.39 is 11.9 Å². The Balaban J connectivity index is 1.54. The lowest BCUT2D eigenvalue weighted by molar-refractivity contribution is -0.119. The smallest absolute Gasteiger partial charge is 0.262 e. The van der Waals surface area contributed by atoms with Gasteiger partial charge in [0.15, 0.2) is 0 Å². The van der Waals surface area contributed by atoms with Crippen molar-refractivity contribution in [3.05, 3.63) is 65.0 Å². The molecule has 2 amide bonds. The van der Waals surface area contributed by atoms with Gasteiger partial charge < -0.3 is 20.9 Å². The van der Waals surface area contributed by atoms with Crippen LogP contribution in [-0.2, 0) is 11.2 Å². The minimum Gasteiger partial charge on any atom is -0.368 e. The van der Waals surface area contributed by atoms with E-state index in [-0.39, 0.29) is 5.91 Å². The molecule has 1 aliphatic rings. The second-order valence-corrected chi connectivity index (χ2v) is 8.79. The maximum absolute atomic E-state index is 12.9. The summed E-state index contributed by atoms with van der Waals surface area (Å²) in [5.74, 6) is -0.799. The SMILES string of the molecule is CN1CCN(c2cccc3sc(C(=O)N[C@@H](Cc4ccccc4)C(N)=O)cc23)CC1. The van der Waals surface area contributed by atoms with Crippen LogP contribution in [0.3, 0.4) is 0 Å². The summed E-state index contributed by atoms with van der Waals surface area (Å²) >= 11 is 1.44. The molecule has 0 aliphatic carbocycles. The first-order valence-electron chi connectivity index (χ1n) is 10.1. The number of likely N-dealkylation sites (N-methyl/N-ethyl adjacent to an activating group) is 1. The molecule has 1 aliphatic heterocycles. The third kappa shape index (κ3) is 4.47. The molecule has 156 valence electrons. The van der Waals surface area contributed by atoms with Crippen molar-refractivity contribution in [3.8, 4) is 0 Å². The summed E-state index contributed by atoms with van der Waals surface area (Å²) in [6.45, 7) is 3.98. The highest BCUT2D eigenvalue weighted by Crippen LogP contribution is 2.34. The Labute approximate surface area is 180 Å². The lowest BCUT2D eigenvalue weighted by Crippen LogP contribution is -2.45. The minimum atomic E-state index is -0.748. The van der Waals surface area contributed by atoms with Crippen LogP contribution in [0.15, 0.2) is 54.6 Å². The number of thiophene rings is 1. The van der Waals surface area contributed by atoms with Crippen molar-refractivity contribution in [2.24, 2.45) is 5.73 Å². The van der Waals surface area contributed by atoms with Gasteiger partial charge in [0.2, 0.25) is 5.91 Å². The molecule has 30 heavy (non-hydrogen) atoms. The molecule has 1 atom stereocenters. The normalized spacial score (nSPS) is 15.8. The monoisotopic (exact) mass is 422 g/mol.